The van der Waals surface area contributed by atoms with Crippen molar-refractivity contribution in [3.05, 3.63) is 44.5 Å². The number of esters is 1. The standard InChI is InChI=1S/C14H15N3O5S/c1-21-7-6-17-11(18)4-3-10(16-17)13(19)15-9-5-8-23-12(9)14(20)22-2/h3-5,8H,6-7H2,1-2H3,(H,15,19). The van der Waals surface area contributed by atoms with Crippen LogP contribution in [-0.2, 0) is 16.0 Å². The molecule has 0 saturated heterocycles. The van der Waals surface area contributed by atoms with Crippen LogP contribution in [0.2, 0.25) is 0 Å². The molecule has 0 saturated carbocycles. The molecule has 23 heavy (non-hydrogen) atoms. The Balaban J connectivity index is 2.20. The molecule has 0 aliphatic rings. The Bertz CT molecular complexity index is 768. The zero-order valence-corrected chi connectivity index (χ0v) is 13.4. The van der Waals surface area contributed by atoms with Crippen LogP contribution in [-0.4, -0.2) is 42.5 Å². The summed E-state index contributed by atoms with van der Waals surface area (Å²) in [7, 11) is 2.77. The lowest BCUT2D eigenvalue weighted by Gasteiger charge is -2.07. The molecule has 1 N–H and O–H groups in total. The van der Waals surface area contributed by atoms with Gasteiger partial charge in [-0.05, 0) is 17.5 Å². The highest BCUT2D eigenvalue weighted by Gasteiger charge is 2.17. The molecular formula is C14H15N3O5S. The maximum Gasteiger partial charge on any atom is 0.350 e. The van der Waals surface area contributed by atoms with Gasteiger partial charge >= 0.3 is 5.97 Å². The molecule has 0 radical (unpaired) electrons. The molecule has 0 aliphatic heterocycles. The lowest BCUT2D eigenvalue weighted by atomic mass is 10.3. The number of nitrogens with zero attached hydrogens (tertiary/aromatic N) is 2. The monoisotopic (exact) mass is 337 g/mol. The molecule has 122 valence electrons. The molecule has 2 rings (SSSR count). The minimum Gasteiger partial charge on any atom is -0.465 e. The highest BCUT2D eigenvalue weighted by Crippen LogP contribution is 2.23. The first kappa shape index (κ1) is 16.8. The van der Waals surface area contributed by atoms with Crippen LogP contribution in [0.25, 0.3) is 0 Å². The smallest absolute Gasteiger partial charge is 0.350 e. The fourth-order valence-electron chi connectivity index (χ4n) is 1.75. The highest BCUT2D eigenvalue weighted by atomic mass is 32.1. The summed E-state index contributed by atoms with van der Waals surface area (Å²) in [6.07, 6.45) is 0. The molecule has 9 heteroatoms. The van der Waals surface area contributed by atoms with E-state index in [1.54, 1.807) is 11.4 Å². The largest absolute Gasteiger partial charge is 0.465 e. The van der Waals surface area contributed by atoms with Gasteiger partial charge in [-0.25, -0.2) is 9.48 Å². The van der Waals surface area contributed by atoms with Crippen molar-refractivity contribution in [1.29, 1.82) is 0 Å². The minimum absolute atomic E-state index is 0.0581. The number of hydrogen-bond acceptors (Lipinski definition) is 7. The van der Waals surface area contributed by atoms with E-state index in [1.165, 1.54) is 26.4 Å². The van der Waals surface area contributed by atoms with Crippen LogP contribution in [0.5, 0.6) is 0 Å². The molecule has 0 aliphatic carbocycles. The Kier molecular flexibility index (Phi) is 5.61. The molecule has 0 atom stereocenters. The Morgan fingerprint density at radius 1 is 1.30 bits per heavy atom. The van der Waals surface area contributed by atoms with Gasteiger partial charge in [-0.1, -0.05) is 0 Å². The molecule has 0 bridgehead atoms. The van der Waals surface area contributed by atoms with Crippen LogP contribution < -0.4 is 10.9 Å². The van der Waals surface area contributed by atoms with Crippen molar-refractivity contribution < 1.29 is 19.1 Å². The first-order chi connectivity index (χ1) is 11.1. The predicted molar refractivity (Wildman–Crippen MR) is 84.0 cm³/mol. The van der Waals surface area contributed by atoms with Crippen molar-refractivity contribution in [2.45, 2.75) is 6.54 Å². The van der Waals surface area contributed by atoms with Crippen LogP contribution in [0.1, 0.15) is 20.2 Å². The van der Waals surface area contributed by atoms with Crippen molar-refractivity contribution >= 4 is 28.9 Å². The second-order valence-corrected chi connectivity index (χ2v) is 5.30. The molecule has 0 unspecified atom stereocenters. The zero-order chi connectivity index (χ0) is 16.8. The van der Waals surface area contributed by atoms with Crippen molar-refractivity contribution in [2.75, 3.05) is 26.1 Å². The van der Waals surface area contributed by atoms with Crippen LogP contribution in [0.15, 0.2) is 28.4 Å². The second-order valence-electron chi connectivity index (χ2n) is 4.38. The van der Waals surface area contributed by atoms with E-state index in [0.29, 0.717) is 12.3 Å². The average molecular weight is 337 g/mol. The third kappa shape index (κ3) is 4.02. The van der Waals surface area contributed by atoms with E-state index in [4.69, 9.17) is 4.74 Å². The number of anilines is 1. The summed E-state index contributed by atoms with van der Waals surface area (Å²) in [6, 6.07) is 4.17. The van der Waals surface area contributed by atoms with Gasteiger partial charge in [0.15, 0.2) is 0 Å². The number of thiophene rings is 1. The first-order valence-corrected chi connectivity index (χ1v) is 7.49. The minimum atomic E-state index is -0.534. The number of aromatic nitrogens is 2. The topological polar surface area (TPSA) is 99.5 Å². The van der Waals surface area contributed by atoms with Crippen LogP contribution >= 0.6 is 11.3 Å². The number of carbonyl (C=O) groups is 2. The van der Waals surface area contributed by atoms with Crippen molar-refractivity contribution in [1.82, 2.24) is 9.78 Å². The summed E-state index contributed by atoms with van der Waals surface area (Å²) in [5.74, 6) is -1.06. The summed E-state index contributed by atoms with van der Waals surface area (Å²) < 4.78 is 10.7. The lowest BCUT2D eigenvalue weighted by Crippen LogP contribution is -2.27. The SMILES string of the molecule is COCCn1nc(C(=O)Nc2ccsc2C(=O)OC)ccc1=O. The van der Waals surface area contributed by atoms with Crippen molar-refractivity contribution in [3.8, 4) is 0 Å². The van der Waals surface area contributed by atoms with Gasteiger partial charge in [0, 0.05) is 13.2 Å². The van der Waals surface area contributed by atoms with E-state index in [-0.39, 0.29) is 22.7 Å². The van der Waals surface area contributed by atoms with Gasteiger partial charge in [0.25, 0.3) is 11.5 Å². The maximum absolute atomic E-state index is 12.2. The van der Waals surface area contributed by atoms with E-state index < -0.39 is 11.9 Å². The molecule has 2 aromatic heterocycles. The number of carbonyl (C=O) groups excluding carboxylic acids is 2. The third-order valence-corrected chi connectivity index (χ3v) is 3.79. The van der Waals surface area contributed by atoms with E-state index in [0.717, 1.165) is 16.0 Å². The number of rotatable bonds is 6. The van der Waals surface area contributed by atoms with Gasteiger partial charge in [0.05, 0.1) is 25.9 Å². The van der Waals surface area contributed by atoms with E-state index in [1.807, 2.05) is 0 Å². The summed E-state index contributed by atoms with van der Waals surface area (Å²) in [5, 5.41) is 8.23. The number of nitrogens with one attached hydrogen (secondary N) is 1. The highest BCUT2D eigenvalue weighted by molar-refractivity contribution is 7.12. The molecule has 0 aromatic carbocycles. The van der Waals surface area contributed by atoms with Crippen molar-refractivity contribution in [3.63, 3.8) is 0 Å². The second kappa shape index (κ2) is 7.65. The Morgan fingerprint density at radius 3 is 2.78 bits per heavy atom. The summed E-state index contributed by atoms with van der Waals surface area (Å²) in [5.41, 5.74) is 0.0652. The number of methoxy groups -OCH3 is 2. The van der Waals surface area contributed by atoms with E-state index in [2.05, 4.69) is 15.2 Å². The van der Waals surface area contributed by atoms with Gasteiger partial charge in [-0.15, -0.1) is 11.3 Å². The maximum atomic E-state index is 12.2. The lowest BCUT2D eigenvalue weighted by molar-refractivity contribution is 0.0607. The summed E-state index contributed by atoms with van der Waals surface area (Å²) >= 11 is 1.15. The fraction of sp³-hybridized carbons (Fsp3) is 0.286. The third-order valence-electron chi connectivity index (χ3n) is 2.89. The molecule has 2 heterocycles. The normalized spacial score (nSPS) is 10.3. The van der Waals surface area contributed by atoms with Gasteiger partial charge < -0.3 is 14.8 Å². The number of amides is 1. The van der Waals surface area contributed by atoms with Gasteiger partial charge in [0.2, 0.25) is 0 Å². The molecule has 2 aromatic rings. The van der Waals surface area contributed by atoms with Crippen molar-refractivity contribution in [2.24, 2.45) is 0 Å². The zero-order valence-electron chi connectivity index (χ0n) is 12.6. The van der Waals surface area contributed by atoms with Crippen LogP contribution in [0.3, 0.4) is 0 Å². The number of hydrogen-bond donors (Lipinski definition) is 1. The summed E-state index contributed by atoms with van der Waals surface area (Å²) in [6.45, 7) is 0.539. The predicted octanol–water partition coefficient (Wildman–Crippen LogP) is 0.990. The van der Waals surface area contributed by atoms with Gasteiger partial charge in [0.1, 0.15) is 10.6 Å². The molecule has 8 nitrogen and oxygen atoms in total. The van der Waals surface area contributed by atoms with Gasteiger partial charge in [-0.3, -0.25) is 9.59 Å². The van der Waals surface area contributed by atoms with Gasteiger partial charge in [-0.2, -0.15) is 5.10 Å². The number of ether oxygens (including phenoxy) is 2. The average Bonchev–Trinajstić information content (AvgIpc) is 3.01. The van der Waals surface area contributed by atoms with Crippen LogP contribution in [0.4, 0.5) is 5.69 Å². The van der Waals surface area contributed by atoms with E-state index >= 15 is 0 Å². The molecular weight excluding hydrogens is 322 g/mol. The Hall–Kier alpha value is -2.52. The molecule has 0 fully saturated rings. The van der Waals surface area contributed by atoms with Crippen LogP contribution in [0, 0.1) is 0 Å². The van der Waals surface area contributed by atoms with E-state index in [9.17, 15) is 14.4 Å². The Labute approximate surface area is 135 Å². The fourth-order valence-corrected chi connectivity index (χ4v) is 2.52. The Morgan fingerprint density at radius 2 is 2.09 bits per heavy atom. The first-order valence-electron chi connectivity index (χ1n) is 6.61. The summed E-state index contributed by atoms with van der Waals surface area (Å²) in [4.78, 5) is 35.8. The quantitative estimate of drug-likeness (QED) is 0.789. The molecule has 1 amide bonds. The molecule has 0 spiro atoms.